The van der Waals surface area contributed by atoms with Crippen molar-refractivity contribution in [2.45, 2.75) is 58.5 Å². The normalized spacial score (nSPS) is 11.6. The van der Waals surface area contributed by atoms with E-state index in [4.69, 9.17) is 0 Å². The molecule has 0 aliphatic carbocycles. The Morgan fingerprint density at radius 3 is 1.67 bits per heavy atom. The highest BCUT2D eigenvalue weighted by Gasteiger charge is 2.30. The first kappa shape index (κ1) is 20.9. The number of aromatic nitrogens is 1. The number of ketones is 2. The van der Waals surface area contributed by atoms with Gasteiger partial charge in [-0.2, -0.15) is 13.2 Å². The van der Waals surface area contributed by atoms with Gasteiger partial charge < -0.3 is 4.57 Å². The quantitative estimate of drug-likeness (QED) is 0.591. The Labute approximate surface area is 157 Å². The van der Waals surface area contributed by atoms with E-state index < -0.39 is 11.7 Å². The molecule has 0 aliphatic heterocycles. The molecule has 2 rings (SSSR count). The summed E-state index contributed by atoms with van der Waals surface area (Å²) in [6.07, 6.45) is 2.00. The van der Waals surface area contributed by atoms with Crippen LogP contribution in [-0.4, -0.2) is 16.1 Å². The van der Waals surface area contributed by atoms with E-state index in [9.17, 15) is 22.8 Å². The van der Waals surface area contributed by atoms with Gasteiger partial charge in [-0.05, 0) is 48.2 Å². The average molecular weight is 379 g/mol. The SMILES string of the molecule is CCCC(=O)Cc1cn(-c2ccc(C(F)(F)F)cc2)cc1CC(=O)CCC. The first-order valence-corrected chi connectivity index (χ1v) is 9.15. The lowest BCUT2D eigenvalue weighted by Gasteiger charge is -2.08. The Balaban J connectivity index is 2.32. The molecule has 6 heteroatoms. The minimum Gasteiger partial charge on any atom is -0.323 e. The first-order chi connectivity index (χ1) is 12.7. The van der Waals surface area contributed by atoms with Crippen molar-refractivity contribution < 1.29 is 22.8 Å². The van der Waals surface area contributed by atoms with E-state index in [0.717, 1.165) is 36.1 Å². The molecule has 27 heavy (non-hydrogen) atoms. The molecule has 146 valence electrons. The van der Waals surface area contributed by atoms with E-state index in [2.05, 4.69) is 0 Å². The zero-order valence-electron chi connectivity index (χ0n) is 15.6. The number of carbonyl (C=O) groups is 2. The van der Waals surface area contributed by atoms with Gasteiger partial charge >= 0.3 is 6.18 Å². The maximum atomic E-state index is 12.7. The van der Waals surface area contributed by atoms with Crippen LogP contribution in [0.2, 0.25) is 0 Å². The fourth-order valence-electron chi connectivity index (χ4n) is 2.99. The molecule has 0 saturated heterocycles. The maximum Gasteiger partial charge on any atom is 0.416 e. The van der Waals surface area contributed by atoms with Gasteiger partial charge in [0.15, 0.2) is 0 Å². The Morgan fingerprint density at radius 1 is 0.852 bits per heavy atom. The Morgan fingerprint density at radius 2 is 1.30 bits per heavy atom. The number of benzene rings is 1. The molecule has 2 aromatic rings. The fraction of sp³-hybridized carbons (Fsp3) is 0.429. The Hall–Kier alpha value is -2.37. The van der Waals surface area contributed by atoms with Crippen LogP contribution in [0.3, 0.4) is 0 Å². The highest BCUT2D eigenvalue weighted by atomic mass is 19.4. The molecule has 1 aromatic carbocycles. The fourth-order valence-corrected chi connectivity index (χ4v) is 2.99. The van der Waals surface area contributed by atoms with Crippen molar-refractivity contribution in [2.24, 2.45) is 0 Å². The van der Waals surface area contributed by atoms with Gasteiger partial charge in [-0.3, -0.25) is 9.59 Å². The van der Waals surface area contributed by atoms with Gasteiger partial charge in [0.25, 0.3) is 0 Å². The van der Waals surface area contributed by atoms with Crippen molar-refractivity contribution in [1.29, 1.82) is 0 Å². The van der Waals surface area contributed by atoms with Crippen LogP contribution in [0, 0.1) is 0 Å². The monoisotopic (exact) mass is 379 g/mol. The second-order valence-corrected chi connectivity index (χ2v) is 6.69. The van der Waals surface area contributed by atoms with Gasteiger partial charge in [-0.15, -0.1) is 0 Å². The summed E-state index contributed by atoms with van der Waals surface area (Å²) >= 11 is 0. The lowest BCUT2D eigenvalue weighted by molar-refractivity contribution is -0.137. The molecule has 1 aromatic heterocycles. The third-order valence-electron chi connectivity index (χ3n) is 4.33. The molecule has 0 saturated carbocycles. The molecule has 0 aliphatic rings. The van der Waals surface area contributed by atoms with E-state index in [1.807, 2.05) is 13.8 Å². The average Bonchev–Trinajstić information content (AvgIpc) is 2.97. The Kier molecular flexibility index (Phi) is 6.99. The van der Waals surface area contributed by atoms with Gasteiger partial charge in [0.1, 0.15) is 11.6 Å². The molecular weight excluding hydrogens is 355 g/mol. The van der Waals surface area contributed by atoms with Crippen LogP contribution >= 0.6 is 0 Å². The zero-order chi connectivity index (χ0) is 20.0. The van der Waals surface area contributed by atoms with Crippen molar-refractivity contribution in [2.75, 3.05) is 0 Å². The van der Waals surface area contributed by atoms with E-state index in [0.29, 0.717) is 18.5 Å². The molecule has 0 N–H and O–H groups in total. The van der Waals surface area contributed by atoms with Gasteiger partial charge in [-0.1, -0.05) is 13.8 Å². The predicted molar refractivity (Wildman–Crippen MR) is 98.0 cm³/mol. The molecule has 0 atom stereocenters. The second kappa shape index (κ2) is 9.02. The van der Waals surface area contributed by atoms with Crippen LogP contribution in [0.15, 0.2) is 36.7 Å². The largest absolute Gasteiger partial charge is 0.416 e. The van der Waals surface area contributed by atoms with Crippen molar-refractivity contribution in [3.8, 4) is 5.69 Å². The van der Waals surface area contributed by atoms with E-state index in [-0.39, 0.29) is 24.4 Å². The summed E-state index contributed by atoms with van der Waals surface area (Å²) in [5.74, 6) is 0.179. The van der Waals surface area contributed by atoms with Crippen molar-refractivity contribution in [3.05, 3.63) is 53.3 Å². The van der Waals surface area contributed by atoms with Crippen LogP contribution in [0.25, 0.3) is 5.69 Å². The summed E-state index contributed by atoms with van der Waals surface area (Å²) in [4.78, 5) is 24.1. The minimum atomic E-state index is -4.38. The molecular formula is C21H24F3NO2. The number of nitrogens with zero attached hydrogens (tertiary/aromatic N) is 1. The summed E-state index contributed by atoms with van der Waals surface area (Å²) in [6.45, 7) is 3.86. The number of alkyl halides is 3. The van der Waals surface area contributed by atoms with Crippen LogP contribution < -0.4 is 0 Å². The summed E-state index contributed by atoms with van der Waals surface area (Å²) in [7, 11) is 0. The molecule has 1 heterocycles. The van der Waals surface area contributed by atoms with Crippen LogP contribution in [0.4, 0.5) is 13.2 Å². The number of rotatable bonds is 9. The number of halogens is 3. The summed E-state index contributed by atoms with van der Waals surface area (Å²) in [5.41, 5.74) is 1.37. The molecule has 0 amide bonds. The first-order valence-electron chi connectivity index (χ1n) is 9.15. The maximum absolute atomic E-state index is 12.7. The lowest BCUT2D eigenvalue weighted by Crippen LogP contribution is -2.06. The molecule has 3 nitrogen and oxygen atoms in total. The number of hydrogen-bond donors (Lipinski definition) is 0. The summed E-state index contributed by atoms with van der Waals surface area (Å²) in [5, 5.41) is 0. The van der Waals surface area contributed by atoms with Gasteiger partial charge in [0, 0.05) is 43.8 Å². The minimum absolute atomic E-state index is 0.0897. The zero-order valence-corrected chi connectivity index (χ0v) is 15.6. The highest BCUT2D eigenvalue weighted by molar-refractivity contribution is 5.84. The highest BCUT2D eigenvalue weighted by Crippen LogP contribution is 2.30. The molecule has 0 fully saturated rings. The third kappa shape index (κ3) is 5.81. The third-order valence-corrected chi connectivity index (χ3v) is 4.33. The molecule has 0 unspecified atom stereocenters. The van der Waals surface area contributed by atoms with E-state index >= 15 is 0 Å². The number of Topliss-reactive ketones (excluding diaryl/α,β-unsaturated/α-hetero) is 2. The van der Waals surface area contributed by atoms with E-state index in [1.165, 1.54) is 12.1 Å². The molecule has 0 radical (unpaired) electrons. The molecule has 0 spiro atoms. The predicted octanol–water partition coefficient (Wildman–Crippen LogP) is 5.32. The standard InChI is InChI=1S/C21H24F3NO2/c1-3-5-19(26)11-15-13-25(14-16(15)12-20(27)6-4-2)18-9-7-17(8-10-18)21(22,23)24/h7-10,13-14H,3-6,11-12H2,1-2H3. The lowest BCUT2D eigenvalue weighted by atomic mass is 10.0. The van der Waals surface area contributed by atoms with Crippen molar-refractivity contribution >= 4 is 11.6 Å². The summed E-state index contributed by atoms with van der Waals surface area (Å²) in [6, 6.07) is 4.83. The van der Waals surface area contributed by atoms with E-state index in [1.54, 1.807) is 17.0 Å². The van der Waals surface area contributed by atoms with Crippen LogP contribution in [-0.2, 0) is 28.6 Å². The summed E-state index contributed by atoms with van der Waals surface area (Å²) < 4.78 is 39.9. The second-order valence-electron chi connectivity index (χ2n) is 6.69. The Bertz CT molecular complexity index is 751. The van der Waals surface area contributed by atoms with Crippen LogP contribution in [0.1, 0.15) is 56.2 Å². The van der Waals surface area contributed by atoms with Gasteiger partial charge in [0.2, 0.25) is 0 Å². The van der Waals surface area contributed by atoms with Crippen LogP contribution in [0.5, 0.6) is 0 Å². The topological polar surface area (TPSA) is 39.1 Å². The number of hydrogen-bond acceptors (Lipinski definition) is 2. The van der Waals surface area contributed by atoms with Gasteiger partial charge in [-0.25, -0.2) is 0 Å². The van der Waals surface area contributed by atoms with Crippen molar-refractivity contribution in [1.82, 2.24) is 4.57 Å². The smallest absolute Gasteiger partial charge is 0.323 e. The number of carbonyl (C=O) groups excluding carboxylic acids is 2. The van der Waals surface area contributed by atoms with Crippen molar-refractivity contribution in [3.63, 3.8) is 0 Å². The van der Waals surface area contributed by atoms with Gasteiger partial charge in [0.05, 0.1) is 5.56 Å². The molecule has 0 bridgehead atoms.